The third-order valence-corrected chi connectivity index (χ3v) is 5.07. The minimum Gasteiger partial charge on any atom is -0.460 e. The summed E-state index contributed by atoms with van der Waals surface area (Å²) < 4.78 is 9.96. The quantitative estimate of drug-likeness (QED) is 0.0910. The molecule has 0 spiro atoms. The molecule has 0 saturated heterocycles. The maximum atomic E-state index is 11.8. The highest BCUT2D eigenvalue weighted by atomic mass is 16.6. The molecule has 0 unspecified atom stereocenters. The van der Waals surface area contributed by atoms with E-state index in [0.717, 1.165) is 18.9 Å². The molecule has 0 amide bonds. The van der Waals surface area contributed by atoms with E-state index in [1.54, 1.807) is 6.92 Å². The summed E-state index contributed by atoms with van der Waals surface area (Å²) in [7, 11) is 0. The van der Waals surface area contributed by atoms with Gasteiger partial charge in [-0.1, -0.05) is 110 Å². The highest BCUT2D eigenvalue weighted by Crippen LogP contribution is 2.13. The zero-order valence-corrected chi connectivity index (χ0v) is 19.0. The van der Waals surface area contributed by atoms with Gasteiger partial charge >= 0.3 is 11.9 Å². The van der Waals surface area contributed by atoms with Crippen molar-refractivity contribution in [3.8, 4) is 0 Å². The van der Waals surface area contributed by atoms with Gasteiger partial charge in [-0.15, -0.1) is 0 Å². The maximum absolute atomic E-state index is 11.8. The number of hydrogen-bond acceptors (Lipinski definition) is 4. The molecule has 168 valence electrons. The molecule has 0 N–H and O–H groups in total. The zero-order chi connectivity index (χ0) is 21.6. The Hall–Kier alpha value is -1.58. The Bertz CT molecular complexity index is 454. The molecule has 0 atom stereocenters. The molecule has 0 heterocycles. The second kappa shape index (κ2) is 21.1. The van der Waals surface area contributed by atoms with Gasteiger partial charge in [-0.2, -0.15) is 0 Å². The summed E-state index contributed by atoms with van der Waals surface area (Å²) in [5.41, 5.74) is 0. The minimum absolute atomic E-state index is 0.0774. The molecule has 0 aromatic rings. The summed E-state index contributed by atoms with van der Waals surface area (Å²) in [6, 6.07) is 0. The Morgan fingerprint density at radius 2 is 1.14 bits per heavy atom. The first kappa shape index (κ1) is 27.4. The van der Waals surface area contributed by atoms with Gasteiger partial charge in [-0.05, 0) is 19.4 Å². The van der Waals surface area contributed by atoms with Crippen molar-refractivity contribution < 1.29 is 19.1 Å². The number of carbonyl (C=O) groups is 2. The summed E-state index contributed by atoms with van der Waals surface area (Å²) >= 11 is 0. The lowest BCUT2D eigenvalue weighted by atomic mass is 10.0. The van der Waals surface area contributed by atoms with Crippen LogP contribution >= 0.6 is 0 Å². The van der Waals surface area contributed by atoms with Crippen LogP contribution in [0.1, 0.15) is 117 Å². The molecular formula is C25H44O4. The van der Waals surface area contributed by atoms with Crippen LogP contribution in [0.25, 0.3) is 0 Å². The molecule has 0 rings (SSSR count). The van der Waals surface area contributed by atoms with Crippen molar-refractivity contribution in [2.24, 2.45) is 0 Å². The third-order valence-electron chi connectivity index (χ3n) is 5.07. The lowest BCUT2D eigenvalue weighted by Gasteiger charge is -2.07. The van der Waals surface area contributed by atoms with E-state index in [0.29, 0.717) is 6.61 Å². The zero-order valence-electron chi connectivity index (χ0n) is 19.0. The first-order valence-electron chi connectivity index (χ1n) is 11.8. The lowest BCUT2D eigenvalue weighted by Crippen LogP contribution is -2.14. The topological polar surface area (TPSA) is 52.6 Å². The molecule has 0 aliphatic rings. The van der Waals surface area contributed by atoms with Crippen molar-refractivity contribution in [1.29, 1.82) is 0 Å². The Labute approximate surface area is 179 Å². The fraction of sp³-hybridized carbons (Fsp3) is 0.760. The molecule has 4 heteroatoms. The van der Waals surface area contributed by atoms with E-state index in [9.17, 15) is 9.59 Å². The van der Waals surface area contributed by atoms with Gasteiger partial charge in [0.2, 0.25) is 5.76 Å². The second-order valence-corrected chi connectivity index (χ2v) is 7.72. The number of unbranched alkanes of at least 4 members (excludes halogenated alkanes) is 15. The molecule has 0 fully saturated rings. The van der Waals surface area contributed by atoms with E-state index in [1.165, 1.54) is 96.0 Å². The number of allylic oxidation sites excluding steroid dienone is 1. The minimum atomic E-state index is -0.655. The monoisotopic (exact) mass is 408 g/mol. The van der Waals surface area contributed by atoms with E-state index in [-0.39, 0.29) is 5.76 Å². The van der Waals surface area contributed by atoms with E-state index in [1.807, 2.05) is 0 Å². The fourth-order valence-electron chi connectivity index (χ4n) is 3.25. The number of rotatable bonds is 20. The van der Waals surface area contributed by atoms with Gasteiger partial charge in [0, 0.05) is 6.08 Å². The van der Waals surface area contributed by atoms with Gasteiger partial charge in [0.25, 0.3) is 0 Å². The molecule has 0 aromatic heterocycles. The largest absolute Gasteiger partial charge is 0.460 e. The predicted molar refractivity (Wildman–Crippen MR) is 121 cm³/mol. The average molecular weight is 409 g/mol. The van der Waals surface area contributed by atoms with E-state index in [2.05, 4.69) is 13.5 Å². The molecule has 0 bridgehead atoms. The fourth-order valence-corrected chi connectivity index (χ4v) is 3.25. The van der Waals surface area contributed by atoms with Gasteiger partial charge in [-0.25, -0.2) is 9.59 Å². The first-order valence-corrected chi connectivity index (χ1v) is 11.8. The maximum Gasteiger partial charge on any atom is 0.374 e. The molecule has 0 aliphatic carbocycles. The van der Waals surface area contributed by atoms with Gasteiger partial charge in [-0.3, -0.25) is 0 Å². The lowest BCUT2D eigenvalue weighted by molar-refractivity contribution is -0.149. The summed E-state index contributed by atoms with van der Waals surface area (Å²) in [5.74, 6) is -1.33. The van der Waals surface area contributed by atoms with Gasteiger partial charge in [0.05, 0.1) is 6.61 Å². The predicted octanol–water partition coefficient (Wildman–Crippen LogP) is 7.42. The van der Waals surface area contributed by atoms with Crippen LogP contribution < -0.4 is 0 Å². The Morgan fingerprint density at radius 1 is 0.724 bits per heavy atom. The van der Waals surface area contributed by atoms with Crippen LogP contribution in [0.4, 0.5) is 0 Å². The van der Waals surface area contributed by atoms with Crippen molar-refractivity contribution in [2.45, 2.75) is 117 Å². The van der Waals surface area contributed by atoms with Crippen LogP contribution in [0.3, 0.4) is 0 Å². The van der Waals surface area contributed by atoms with E-state index in [4.69, 9.17) is 9.47 Å². The normalized spacial score (nSPS) is 11.3. The number of esters is 2. The van der Waals surface area contributed by atoms with E-state index >= 15 is 0 Å². The Balaban J connectivity index is 3.36. The molecule has 4 nitrogen and oxygen atoms in total. The van der Waals surface area contributed by atoms with Gasteiger partial charge in [0.15, 0.2) is 0 Å². The highest BCUT2D eigenvalue weighted by molar-refractivity contribution is 5.92. The molecule has 0 aliphatic heterocycles. The summed E-state index contributed by atoms with van der Waals surface area (Å²) in [6.45, 7) is 7.56. The molecule has 0 radical (unpaired) electrons. The van der Waals surface area contributed by atoms with Crippen molar-refractivity contribution in [1.82, 2.24) is 0 Å². The van der Waals surface area contributed by atoms with Crippen LogP contribution in [-0.4, -0.2) is 18.5 Å². The smallest absolute Gasteiger partial charge is 0.374 e. The Morgan fingerprint density at radius 3 is 1.52 bits per heavy atom. The SMILES string of the molecule is C=CC(=O)O/C(=C/C)C(=O)OCCCCCCCCCCCCCCCCCC. The van der Waals surface area contributed by atoms with Crippen molar-refractivity contribution in [2.75, 3.05) is 6.61 Å². The summed E-state index contributed by atoms with van der Waals surface area (Å²) in [6.07, 6.45) is 23.4. The standard InChI is InChI=1S/C25H44O4/c1-4-7-8-9-10-11-12-13-14-15-16-17-18-19-20-21-22-28-25(27)23(5-2)29-24(26)6-3/h5-6H,3-4,7-22H2,1-2H3/b23-5+. The van der Waals surface area contributed by atoms with Crippen LogP contribution in [0, 0.1) is 0 Å². The van der Waals surface area contributed by atoms with Gasteiger partial charge < -0.3 is 9.47 Å². The molecule has 0 aromatic carbocycles. The van der Waals surface area contributed by atoms with Crippen molar-refractivity contribution in [3.05, 3.63) is 24.5 Å². The molecular weight excluding hydrogens is 364 g/mol. The Kier molecular flexibility index (Phi) is 20.0. The summed E-state index contributed by atoms with van der Waals surface area (Å²) in [5, 5.41) is 0. The van der Waals surface area contributed by atoms with Crippen LogP contribution in [0.15, 0.2) is 24.5 Å². The number of hydrogen-bond donors (Lipinski definition) is 0. The molecule has 0 saturated carbocycles. The van der Waals surface area contributed by atoms with E-state index < -0.39 is 11.9 Å². The summed E-state index contributed by atoms with van der Waals surface area (Å²) in [4.78, 5) is 22.9. The average Bonchev–Trinajstić information content (AvgIpc) is 2.73. The number of carbonyl (C=O) groups excluding carboxylic acids is 2. The van der Waals surface area contributed by atoms with Crippen LogP contribution in [0.2, 0.25) is 0 Å². The van der Waals surface area contributed by atoms with Crippen molar-refractivity contribution in [3.63, 3.8) is 0 Å². The van der Waals surface area contributed by atoms with Crippen LogP contribution in [-0.2, 0) is 19.1 Å². The van der Waals surface area contributed by atoms with Gasteiger partial charge in [0.1, 0.15) is 0 Å². The second-order valence-electron chi connectivity index (χ2n) is 7.72. The van der Waals surface area contributed by atoms with Crippen LogP contribution in [0.5, 0.6) is 0 Å². The first-order chi connectivity index (χ1) is 14.2. The number of ether oxygens (including phenoxy) is 2. The van der Waals surface area contributed by atoms with Crippen molar-refractivity contribution >= 4 is 11.9 Å². The third kappa shape index (κ3) is 18.2. The molecule has 29 heavy (non-hydrogen) atoms. The highest BCUT2D eigenvalue weighted by Gasteiger charge is 2.14.